The molecule has 3 N–H and O–H groups in total. The van der Waals surface area contributed by atoms with Crippen LogP contribution in [-0.2, 0) is 21.5 Å². The summed E-state index contributed by atoms with van der Waals surface area (Å²) in [6, 6.07) is 2.86. The van der Waals surface area contributed by atoms with Gasteiger partial charge in [0.1, 0.15) is 17.2 Å². The summed E-state index contributed by atoms with van der Waals surface area (Å²) < 4.78 is 32.0. The largest absolute Gasteiger partial charge is 0.386 e. The number of nitrogens with one attached hydrogen (secondary N) is 2. The number of halogens is 2. The summed E-state index contributed by atoms with van der Waals surface area (Å²) in [6.45, 7) is 1.24. The summed E-state index contributed by atoms with van der Waals surface area (Å²) >= 11 is 0. The highest BCUT2D eigenvalue weighted by Crippen LogP contribution is 2.34. The molecule has 1 saturated carbocycles. The SMILES string of the molecule is CC(=O)NC1(c2noc(CCC(=O)NCC(O)c3ccc(F)cc3F)n2)CCCCCC1. The van der Waals surface area contributed by atoms with Crippen LogP contribution in [0.1, 0.15) is 75.3 Å². The quantitative estimate of drug-likeness (QED) is 0.533. The molecular weight excluding hydrogens is 422 g/mol. The van der Waals surface area contributed by atoms with Crippen LogP contribution in [0.25, 0.3) is 0 Å². The van der Waals surface area contributed by atoms with Crippen molar-refractivity contribution in [2.24, 2.45) is 0 Å². The van der Waals surface area contributed by atoms with Crippen molar-refractivity contribution >= 4 is 11.8 Å². The molecule has 1 aromatic heterocycles. The van der Waals surface area contributed by atoms with E-state index < -0.39 is 29.2 Å². The van der Waals surface area contributed by atoms with Gasteiger partial charge in [0.05, 0.1) is 6.10 Å². The molecule has 1 heterocycles. The van der Waals surface area contributed by atoms with Crippen molar-refractivity contribution in [3.05, 3.63) is 47.1 Å². The molecule has 0 radical (unpaired) electrons. The van der Waals surface area contributed by atoms with Crippen LogP contribution < -0.4 is 10.6 Å². The van der Waals surface area contributed by atoms with E-state index in [1.165, 1.54) is 6.92 Å². The fourth-order valence-electron chi connectivity index (χ4n) is 4.03. The Morgan fingerprint density at radius 1 is 1.22 bits per heavy atom. The van der Waals surface area contributed by atoms with Crippen LogP contribution in [0.15, 0.2) is 22.7 Å². The van der Waals surface area contributed by atoms with Crippen molar-refractivity contribution in [1.82, 2.24) is 20.8 Å². The predicted octanol–water partition coefficient (Wildman–Crippen LogP) is 2.82. The molecule has 1 unspecified atom stereocenters. The normalized spacial score (nSPS) is 16.8. The molecule has 0 spiro atoms. The molecule has 2 aromatic rings. The molecule has 0 bridgehead atoms. The van der Waals surface area contributed by atoms with Crippen LogP contribution in [0.5, 0.6) is 0 Å². The standard InChI is InChI=1S/C22H28F2N4O4/c1-14(29)27-22(10-4-2-3-5-11-22)21-26-20(32-28-21)9-8-19(31)25-13-18(30)16-7-6-15(23)12-17(16)24/h6-7,12,18,30H,2-5,8-11,13H2,1H3,(H,25,31)(H,27,29). The summed E-state index contributed by atoms with van der Waals surface area (Å²) in [5, 5.41) is 19.6. The molecule has 0 saturated heterocycles. The van der Waals surface area contributed by atoms with Crippen molar-refractivity contribution < 1.29 is 28.0 Å². The minimum absolute atomic E-state index is 0.0212. The Kier molecular flexibility index (Phi) is 7.89. The minimum Gasteiger partial charge on any atom is -0.386 e. The molecule has 1 aliphatic rings. The van der Waals surface area contributed by atoms with Crippen LogP contribution in [0, 0.1) is 11.6 Å². The highest BCUT2D eigenvalue weighted by molar-refractivity contribution is 5.76. The third-order valence-corrected chi connectivity index (χ3v) is 5.65. The van der Waals surface area contributed by atoms with Gasteiger partial charge in [-0.15, -0.1) is 0 Å². The van der Waals surface area contributed by atoms with Crippen molar-refractivity contribution in [1.29, 1.82) is 0 Å². The van der Waals surface area contributed by atoms with Gasteiger partial charge in [0.2, 0.25) is 17.7 Å². The zero-order valence-electron chi connectivity index (χ0n) is 18.0. The lowest BCUT2D eigenvalue weighted by molar-refractivity contribution is -0.122. The molecule has 2 amide bonds. The Labute approximate surface area is 184 Å². The van der Waals surface area contributed by atoms with E-state index in [2.05, 4.69) is 20.8 Å². The number of carbonyl (C=O) groups is 2. The second-order valence-corrected chi connectivity index (χ2v) is 8.17. The van der Waals surface area contributed by atoms with E-state index >= 15 is 0 Å². The Balaban J connectivity index is 1.54. The fraction of sp³-hybridized carbons (Fsp3) is 0.545. The lowest BCUT2D eigenvalue weighted by atomic mass is 9.89. The van der Waals surface area contributed by atoms with Crippen LogP contribution >= 0.6 is 0 Å². The van der Waals surface area contributed by atoms with Gasteiger partial charge in [0.15, 0.2) is 5.82 Å². The third-order valence-electron chi connectivity index (χ3n) is 5.65. The van der Waals surface area contributed by atoms with Gasteiger partial charge in [-0.25, -0.2) is 8.78 Å². The van der Waals surface area contributed by atoms with Gasteiger partial charge in [-0.1, -0.05) is 36.9 Å². The van der Waals surface area contributed by atoms with Gasteiger partial charge in [0, 0.05) is 37.9 Å². The Hall–Kier alpha value is -2.88. The lowest BCUT2D eigenvalue weighted by Gasteiger charge is -2.30. The summed E-state index contributed by atoms with van der Waals surface area (Å²) in [7, 11) is 0. The monoisotopic (exact) mass is 450 g/mol. The van der Waals surface area contributed by atoms with Crippen LogP contribution in [0.3, 0.4) is 0 Å². The molecule has 8 nitrogen and oxygen atoms in total. The third kappa shape index (κ3) is 6.09. The average Bonchev–Trinajstić information content (AvgIpc) is 3.10. The number of hydrogen-bond acceptors (Lipinski definition) is 6. The van der Waals surface area contributed by atoms with Crippen LogP contribution in [0.4, 0.5) is 8.78 Å². The van der Waals surface area contributed by atoms with E-state index in [1.54, 1.807) is 0 Å². The number of aliphatic hydroxyl groups excluding tert-OH is 1. The first-order chi connectivity index (χ1) is 15.3. The van der Waals surface area contributed by atoms with Crippen molar-refractivity contribution in [2.45, 2.75) is 69.9 Å². The highest BCUT2D eigenvalue weighted by Gasteiger charge is 2.38. The van der Waals surface area contributed by atoms with Crippen molar-refractivity contribution in [2.75, 3.05) is 6.54 Å². The number of aryl methyl sites for hydroxylation is 1. The number of aliphatic hydroxyl groups is 1. The van der Waals surface area contributed by atoms with Crippen molar-refractivity contribution in [3.8, 4) is 0 Å². The first-order valence-corrected chi connectivity index (χ1v) is 10.8. The lowest BCUT2D eigenvalue weighted by Crippen LogP contribution is -2.45. The first-order valence-electron chi connectivity index (χ1n) is 10.8. The van der Waals surface area contributed by atoms with Crippen molar-refractivity contribution in [3.63, 3.8) is 0 Å². The average molecular weight is 450 g/mol. The summed E-state index contributed by atoms with van der Waals surface area (Å²) in [6.07, 6.45) is 4.41. The van der Waals surface area contributed by atoms with Gasteiger partial charge in [-0.05, 0) is 18.9 Å². The second kappa shape index (κ2) is 10.6. The Morgan fingerprint density at radius 2 is 1.94 bits per heavy atom. The molecule has 1 aromatic carbocycles. The number of rotatable bonds is 8. The fourth-order valence-corrected chi connectivity index (χ4v) is 4.03. The number of amides is 2. The van der Waals surface area contributed by atoms with Gasteiger partial charge in [-0.2, -0.15) is 4.98 Å². The second-order valence-electron chi connectivity index (χ2n) is 8.17. The Bertz CT molecular complexity index is 942. The molecule has 1 fully saturated rings. The number of nitrogens with zero attached hydrogens (tertiary/aromatic N) is 2. The Morgan fingerprint density at radius 3 is 2.59 bits per heavy atom. The minimum atomic E-state index is -1.30. The number of aromatic nitrogens is 2. The smallest absolute Gasteiger partial charge is 0.227 e. The zero-order chi connectivity index (χ0) is 23.1. The maximum atomic E-state index is 13.7. The molecule has 1 aliphatic carbocycles. The van der Waals surface area contributed by atoms with Gasteiger partial charge in [0.25, 0.3) is 0 Å². The maximum Gasteiger partial charge on any atom is 0.227 e. The van der Waals surface area contributed by atoms with Gasteiger partial charge in [-0.3, -0.25) is 9.59 Å². The van der Waals surface area contributed by atoms with Crippen LogP contribution in [0.2, 0.25) is 0 Å². The molecule has 3 rings (SSSR count). The molecule has 0 aliphatic heterocycles. The van der Waals surface area contributed by atoms with E-state index in [4.69, 9.17) is 4.52 Å². The maximum absolute atomic E-state index is 13.7. The van der Waals surface area contributed by atoms with E-state index in [0.29, 0.717) is 11.9 Å². The molecule has 32 heavy (non-hydrogen) atoms. The summed E-state index contributed by atoms with van der Waals surface area (Å²) in [4.78, 5) is 28.3. The number of hydrogen-bond donors (Lipinski definition) is 3. The number of benzene rings is 1. The van der Waals surface area contributed by atoms with E-state index in [9.17, 15) is 23.5 Å². The topological polar surface area (TPSA) is 117 Å². The first kappa shape index (κ1) is 23.8. The van der Waals surface area contributed by atoms with Crippen LogP contribution in [-0.4, -0.2) is 33.6 Å². The summed E-state index contributed by atoms with van der Waals surface area (Å²) in [5.74, 6) is -1.48. The molecular formula is C22H28F2N4O4. The van der Waals surface area contributed by atoms with Gasteiger partial charge >= 0.3 is 0 Å². The predicted molar refractivity (Wildman–Crippen MR) is 110 cm³/mol. The highest BCUT2D eigenvalue weighted by atomic mass is 19.1. The molecule has 174 valence electrons. The van der Waals surface area contributed by atoms with E-state index in [1.807, 2.05) is 0 Å². The molecule has 10 heteroatoms. The molecule has 1 atom stereocenters. The van der Waals surface area contributed by atoms with Gasteiger partial charge < -0.3 is 20.3 Å². The zero-order valence-corrected chi connectivity index (χ0v) is 18.0. The van der Waals surface area contributed by atoms with E-state index in [0.717, 1.165) is 50.7 Å². The number of carbonyl (C=O) groups excluding carboxylic acids is 2. The summed E-state index contributed by atoms with van der Waals surface area (Å²) in [5.41, 5.74) is -0.754. The van der Waals surface area contributed by atoms with E-state index in [-0.39, 0.29) is 36.7 Å².